The molecule has 0 bridgehead atoms. The predicted octanol–water partition coefficient (Wildman–Crippen LogP) is -1.73. The minimum atomic E-state index is -0.366. The highest BCUT2D eigenvalue weighted by atomic mass is 35.5. The Hall–Kier alpha value is -1.09. The van der Waals surface area contributed by atoms with E-state index in [9.17, 15) is 4.79 Å². The van der Waals surface area contributed by atoms with Gasteiger partial charge in [0.2, 0.25) is 0 Å². The quantitative estimate of drug-likeness (QED) is 0.473. The molecule has 0 unspecified atom stereocenters. The third kappa shape index (κ3) is 4.79. The van der Waals surface area contributed by atoms with Crippen molar-refractivity contribution < 1.29 is 21.8 Å². The fourth-order valence-corrected chi connectivity index (χ4v) is 1.35. The number of hydrogen-bond donors (Lipinski definition) is 1. The summed E-state index contributed by atoms with van der Waals surface area (Å²) in [4.78, 5) is 10.9. The summed E-state index contributed by atoms with van der Waals surface area (Å²) in [5.74, 6) is -0.366. The molecule has 0 atom stereocenters. The number of nitrogens with two attached hydrogens (primary N) is 1. The number of hydrogen-bond acceptors (Lipinski definition) is 1. The molecular weight excluding hydrogens is 212 g/mol. The van der Waals surface area contributed by atoms with Gasteiger partial charge in [-0.1, -0.05) is 13.3 Å². The Kier molecular flexibility index (Phi) is 6.71. The summed E-state index contributed by atoms with van der Waals surface area (Å²) in [7, 11) is 0. The third-order valence-corrected chi connectivity index (χ3v) is 2.16. The topological polar surface area (TPSA) is 47.0 Å². The standard InChI is InChI=1S/C11H16N2O.ClH/c1-2-3-4-7-13-8-5-6-10(9-13)11(12)14;/h5-6,8-9H,2-4,7H2,1H3,(H-,12,14);1H. The Balaban J connectivity index is 0.00000196. The van der Waals surface area contributed by atoms with Crippen LogP contribution in [0.1, 0.15) is 36.5 Å². The summed E-state index contributed by atoms with van der Waals surface area (Å²) < 4.78 is 2.01. The van der Waals surface area contributed by atoms with E-state index in [0.717, 1.165) is 13.0 Å². The zero-order valence-corrected chi connectivity index (χ0v) is 9.70. The Labute approximate surface area is 96.7 Å². The molecule has 0 aliphatic carbocycles. The van der Waals surface area contributed by atoms with Gasteiger partial charge in [0.05, 0.1) is 0 Å². The van der Waals surface area contributed by atoms with E-state index in [1.807, 2.05) is 16.8 Å². The van der Waals surface area contributed by atoms with Gasteiger partial charge in [0.25, 0.3) is 5.91 Å². The van der Waals surface area contributed by atoms with Crippen LogP contribution in [-0.2, 0) is 6.54 Å². The molecule has 0 aromatic carbocycles. The highest BCUT2D eigenvalue weighted by molar-refractivity contribution is 5.92. The molecule has 1 heterocycles. The molecular formula is C11H17ClN2O. The van der Waals surface area contributed by atoms with Gasteiger partial charge in [-0.15, -0.1) is 0 Å². The maximum Gasteiger partial charge on any atom is 0.254 e. The number of halogens is 1. The summed E-state index contributed by atoms with van der Waals surface area (Å²) in [6.45, 7) is 3.12. The first kappa shape index (κ1) is 13.9. The molecule has 0 fully saturated rings. The Morgan fingerprint density at radius 2 is 2.20 bits per heavy atom. The van der Waals surface area contributed by atoms with Crippen molar-refractivity contribution >= 4 is 5.91 Å². The first-order valence-corrected chi connectivity index (χ1v) is 5.03. The van der Waals surface area contributed by atoms with E-state index in [1.54, 1.807) is 12.3 Å². The molecule has 3 nitrogen and oxygen atoms in total. The van der Waals surface area contributed by atoms with Gasteiger partial charge < -0.3 is 18.1 Å². The molecule has 0 aliphatic rings. The van der Waals surface area contributed by atoms with Crippen molar-refractivity contribution in [1.29, 1.82) is 0 Å². The molecule has 1 rings (SSSR count). The lowest BCUT2D eigenvalue weighted by atomic mass is 10.2. The van der Waals surface area contributed by atoms with E-state index in [1.165, 1.54) is 12.8 Å². The van der Waals surface area contributed by atoms with Crippen LogP contribution in [0, 0.1) is 0 Å². The summed E-state index contributed by atoms with van der Waals surface area (Å²) in [5.41, 5.74) is 5.76. The molecule has 0 saturated heterocycles. The fourth-order valence-electron chi connectivity index (χ4n) is 1.35. The number of carbonyl (C=O) groups excluding carboxylic acids is 1. The van der Waals surface area contributed by atoms with Crippen LogP contribution in [0.3, 0.4) is 0 Å². The van der Waals surface area contributed by atoms with Gasteiger partial charge >= 0.3 is 0 Å². The zero-order chi connectivity index (χ0) is 10.4. The Morgan fingerprint density at radius 3 is 2.80 bits per heavy atom. The van der Waals surface area contributed by atoms with Gasteiger partial charge in [-0.25, -0.2) is 4.57 Å². The van der Waals surface area contributed by atoms with Crippen molar-refractivity contribution in [1.82, 2.24) is 0 Å². The number of carbonyl (C=O) groups is 1. The van der Waals surface area contributed by atoms with E-state index >= 15 is 0 Å². The van der Waals surface area contributed by atoms with Crippen molar-refractivity contribution in [2.75, 3.05) is 0 Å². The monoisotopic (exact) mass is 228 g/mol. The number of aryl methyl sites for hydroxylation is 1. The number of primary amides is 1. The fraction of sp³-hybridized carbons (Fsp3) is 0.455. The zero-order valence-electron chi connectivity index (χ0n) is 8.95. The number of pyridine rings is 1. The van der Waals surface area contributed by atoms with Gasteiger partial charge in [-0.3, -0.25) is 4.79 Å². The lowest BCUT2D eigenvalue weighted by Gasteiger charge is -1.97. The van der Waals surface area contributed by atoms with Crippen LogP contribution in [0.5, 0.6) is 0 Å². The van der Waals surface area contributed by atoms with E-state index in [4.69, 9.17) is 5.73 Å². The molecule has 15 heavy (non-hydrogen) atoms. The number of rotatable bonds is 5. The lowest BCUT2D eigenvalue weighted by molar-refractivity contribution is -0.697. The van der Waals surface area contributed by atoms with Crippen LogP contribution in [0.2, 0.25) is 0 Å². The van der Waals surface area contributed by atoms with Crippen LogP contribution < -0.4 is 22.7 Å². The minimum Gasteiger partial charge on any atom is -1.00 e. The maximum absolute atomic E-state index is 10.9. The lowest BCUT2D eigenvalue weighted by Crippen LogP contribution is -3.00. The van der Waals surface area contributed by atoms with Gasteiger partial charge in [0.15, 0.2) is 12.4 Å². The minimum absolute atomic E-state index is 0. The van der Waals surface area contributed by atoms with E-state index in [2.05, 4.69) is 6.92 Å². The molecule has 0 saturated carbocycles. The summed E-state index contributed by atoms with van der Waals surface area (Å²) in [6.07, 6.45) is 7.33. The number of unbranched alkanes of at least 4 members (excludes halogenated alkanes) is 2. The van der Waals surface area contributed by atoms with Crippen LogP contribution in [0.25, 0.3) is 0 Å². The smallest absolute Gasteiger partial charge is 0.254 e. The second kappa shape index (κ2) is 7.23. The Bertz CT molecular complexity index is 315. The molecule has 1 aromatic rings. The average Bonchev–Trinajstić information content (AvgIpc) is 2.19. The van der Waals surface area contributed by atoms with E-state index in [0.29, 0.717) is 5.56 Å². The van der Waals surface area contributed by atoms with Crippen molar-refractivity contribution in [2.45, 2.75) is 32.7 Å². The first-order chi connectivity index (χ1) is 6.74. The SMILES string of the molecule is CCCCC[n+]1cccc(C(N)=O)c1.[Cl-]. The average molecular weight is 229 g/mol. The first-order valence-electron chi connectivity index (χ1n) is 5.03. The van der Waals surface area contributed by atoms with Crippen molar-refractivity contribution in [3.05, 3.63) is 30.1 Å². The molecule has 1 amide bonds. The second-order valence-corrected chi connectivity index (χ2v) is 3.40. The summed E-state index contributed by atoms with van der Waals surface area (Å²) in [5, 5.41) is 0. The number of aromatic nitrogens is 1. The highest BCUT2D eigenvalue weighted by Gasteiger charge is 2.05. The van der Waals surface area contributed by atoms with Crippen LogP contribution in [-0.4, -0.2) is 5.91 Å². The predicted molar refractivity (Wildman–Crippen MR) is 54.7 cm³/mol. The van der Waals surface area contributed by atoms with Crippen molar-refractivity contribution in [2.24, 2.45) is 5.73 Å². The van der Waals surface area contributed by atoms with Crippen LogP contribution in [0.15, 0.2) is 24.5 Å². The normalized spacial score (nSPS) is 9.40. The second-order valence-electron chi connectivity index (χ2n) is 3.40. The van der Waals surface area contributed by atoms with Crippen molar-refractivity contribution in [3.63, 3.8) is 0 Å². The molecule has 4 heteroatoms. The van der Waals surface area contributed by atoms with Gasteiger partial charge in [-0.2, -0.15) is 0 Å². The van der Waals surface area contributed by atoms with Gasteiger partial charge in [0, 0.05) is 12.5 Å². The van der Waals surface area contributed by atoms with Gasteiger partial charge in [-0.05, 0) is 12.5 Å². The maximum atomic E-state index is 10.9. The van der Waals surface area contributed by atoms with Crippen molar-refractivity contribution in [3.8, 4) is 0 Å². The molecule has 0 aliphatic heterocycles. The number of amides is 1. The summed E-state index contributed by atoms with van der Waals surface area (Å²) >= 11 is 0. The van der Waals surface area contributed by atoms with Crippen LogP contribution in [0.4, 0.5) is 0 Å². The molecule has 2 N–H and O–H groups in total. The highest BCUT2D eigenvalue weighted by Crippen LogP contribution is 1.95. The molecule has 84 valence electrons. The van der Waals surface area contributed by atoms with E-state index < -0.39 is 0 Å². The molecule has 0 radical (unpaired) electrons. The molecule has 1 aromatic heterocycles. The molecule has 0 spiro atoms. The summed E-state index contributed by atoms with van der Waals surface area (Å²) in [6, 6.07) is 3.59. The van der Waals surface area contributed by atoms with Gasteiger partial charge in [0.1, 0.15) is 12.1 Å². The number of nitrogens with zero attached hydrogens (tertiary/aromatic N) is 1. The van der Waals surface area contributed by atoms with Crippen LogP contribution >= 0.6 is 0 Å². The third-order valence-electron chi connectivity index (χ3n) is 2.16. The van der Waals surface area contributed by atoms with E-state index in [-0.39, 0.29) is 18.3 Å². The largest absolute Gasteiger partial charge is 1.00 e. The Morgan fingerprint density at radius 1 is 1.47 bits per heavy atom.